The second-order valence-electron chi connectivity index (χ2n) is 8.19. The number of carbonyl (C=O) groups excluding carboxylic acids is 1. The minimum Gasteiger partial charge on any atom is -0.352 e. The van der Waals surface area contributed by atoms with E-state index in [0.29, 0.717) is 31.0 Å². The zero-order valence-electron chi connectivity index (χ0n) is 17.2. The largest absolute Gasteiger partial charge is 0.352 e. The van der Waals surface area contributed by atoms with E-state index < -0.39 is 0 Å². The smallest absolute Gasteiger partial charge is 0.253 e. The zero-order valence-corrected chi connectivity index (χ0v) is 18.0. The Hall–Kier alpha value is -3.39. The van der Waals surface area contributed by atoms with Crippen molar-refractivity contribution in [2.75, 3.05) is 6.54 Å². The van der Waals surface area contributed by atoms with Crippen molar-refractivity contribution in [3.05, 3.63) is 75.9 Å². The lowest BCUT2D eigenvalue weighted by molar-refractivity contribution is 0.0946. The first-order valence-electron chi connectivity index (χ1n) is 10.7. The zero-order chi connectivity index (χ0) is 21.7. The van der Waals surface area contributed by atoms with E-state index in [9.17, 15) is 9.18 Å². The van der Waals surface area contributed by atoms with Gasteiger partial charge in [0.15, 0.2) is 0 Å². The molecule has 2 aliphatic rings. The molecule has 32 heavy (non-hydrogen) atoms. The SMILES string of the molecule is O=C1NCCc2c1c(-c1ccc(F)cc1)c(-c1ccncc1)n2Cc1nnc(C2CC2)s1. The summed E-state index contributed by atoms with van der Waals surface area (Å²) < 4.78 is 15.9. The molecule has 1 aromatic carbocycles. The normalized spacial score (nSPS) is 15.5. The van der Waals surface area contributed by atoms with Crippen molar-refractivity contribution < 1.29 is 9.18 Å². The third-order valence-electron chi connectivity index (χ3n) is 6.03. The average molecular weight is 446 g/mol. The summed E-state index contributed by atoms with van der Waals surface area (Å²) in [5.74, 6) is 0.147. The summed E-state index contributed by atoms with van der Waals surface area (Å²) in [4.78, 5) is 17.2. The number of nitrogens with zero attached hydrogens (tertiary/aromatic N) is 4. The molecule has 4 aromatic rings. The van der Waals surface area contributed by atoms with Crippen molar-refractivity contribution >= 4 is 17.2 Å². The molecule has 8 heteroatoms. The average Bonchev–Trinajstić information content (AvgIpc) is 3.47. The molecule has 1 saturated carbocycles. The molecule has 1 amide bonds. The molecule has 6 nitrogen and oxygen atoms in total. The second-order valence-corrected chi connectivity index (χ2v) is 9.28. The Morgan fingerprint density at radius 3 is 2.56 bits per heavy atom. The Balaban J connectivity index is 1.59. The lowest BCUT2D eigenvalue weighted by Gasteiger charge is -2.17. The number of rotatable bonds is 5. The molecule has 0 radical (unpaired) electrons. The van der Waals surface area contributed by atoms with E-state index in [4.69, 9.17) is 0 Å². The number of fused-ring (bicyclic) bond motifs is 1. The Kier molecular flexibility index (Phi) is 4.61. The molecule has 160 valence electrons. The number of hydrogen-bond donors (Lipinski definition) is 1. The van der Waals surface area contributed by atoms with Crippen LogP contribution in [0.3, 0.4) is 0 Å². The number of halogens is 1. The van der Waals surface area contributed by atoms with Crippen LogP contribution in [0, 0.1) is 5.82 Å². The molecule has 6 rings (SSSR count). The summed E-state index contributed by atoms with van der Waals surface area (Å²) >= 11 is 1.66. The molecule has 1 aliphatic heterocycles. The quantitative estimate of drug-likeness (QED) is 0.494. The topological polar surface area (TPSA) is 72.7 Å². The lowest BCUT2D eigenvalue weighted by atomic mass is 9.95. The number of nitrogens with one attached hydrogen (secondary N) is 1. The number of carbonyl (C=O) groups is 1. The molecule has 0 unspecified atom stereocenters. The summed E-state index contributed by atoms with van der Waals surface area (Å²) in [5, 5.41) is 13.9. The van der Waals surface area contributed by atoms with E-state index in [1.165, 1.54) is 25.0 Å². The Morgan fingerprint density at radius 1 is 1.03 bits per heavy atom. The molecule has 1 N–H and O–H groups in total. The number of aromatic nitrogens is 4. The van der Waals surface area contributed by atoms with Crippen LogP contribution in [-0.4, -0.2) is 32.2 Å². The maximum absolute atomic E-state index is 13.7. The minimum atomic E-state index is -0.307. The molecule has 0 bridgehead atoms. The standard InChI is InChI=1S/C24H20FN5OS/c25-17-5-3-14(4-6-17)20-21-18(9-12-27-23(21)31)30(22(20)15-7-10-26-11-8-15)13-19-28-29-24(32-19)16-1-2-16/h3-8,10-11,16H,1-2,9,12-13H2,(H,27,31). The predicted octanol–water partition coefficient (Wildman–Crippen LogP) is 4.42. The fraction of sp³-hybridized carbons (Fsp3) is 0.250. The highest BCUT2D eigenvalue weighted by Gasteiger charge is 2.32. The van der Waals surface area contributed by atoms with Crippen molar-refractivity contribution in [2.45, 2.75) is 31.7 Å². The van der Waals surface area contributed by atoms with Gasteiger partial charge in [-0.25, -0.2) is 4.39 Å². The Morgan fingerprint density at radius 2 is 1.81 bits per heavy atom. The van der Waals surface area contributed by atoms with Gasteiger partial charge in [-0.15, -0.1) is 10.2 Å². The van der Waals surface area contributed by atoms with Crippen LogP contribution in [0.25, 0.3) is 22.4 Å². The predicted molar refractivity (Wildman–Crippen MR) is 120 cm³/mol. The van der Waals surface area contributed by atoms with Gasteiger partial charge in [-0.05, 0) is 42.7 Å². The number of amides is 1. The molecular formula is C24H20FN5OS. The summed E-state index contributed by atoms with van der Waals surface area (Å²) in [6, 6.07) is 10.2. The first kappa shape index (κ1) is 19.3. The maximum atomic E-state index is 13.7. The summed E-state index contributed by atoms with van der Waals surface area (Å²) in [7, 11) is 0. The van der Waals surface area contributed by atoms with Gasteiger partial charge in [0.1, 0.15) is 15.8 Å². The van der Waals surface area contributed by atoms with E-state index in [1.54, 1.807) is 35.9 Å². The molecular weight excluding hydrogens is 425 g/mol. The first-order valence-corrected chi connectivity index (χ1v) is 11.5. The molecule has 3 aromatic heterocycles. The molecule has 0 spiro atoms. The van der Waals surface area contributed by atoms with Gasteiger partial charge in [-0.1, -0.05) is 23.5 Å². The van der Waals surface area contributed by atoms with Gasteiger partial charge >= 0.3 is 0 Å². The van der Waals surface area contributed by atoms with Crippen molar-refractivity contribution in [3.8, 4) is 22.4 Å². The summed E-state index contributed by atoms with van der Waals surface area (Å²) in [6.45, 7) is 1.12. The van der Waals surface area contributed by atoms with Crippen LogP contribution in [0.2, 0.25) is 0 Å². The lowest BCUT2D eigenvalue weighted by Crippen LogP contribution is -2.32. The minimum absolute atomic E-state index is 0.101. The molecule has 1 fully saturated rings. The monoisotopic (exact) mass is 445 g/mol. The summed E-state index contributed by atoms with van der Waals surface area (Å²) in [6.07, 6.45) is 6.58. The van der Waals surface area contributed by atoms with E-state index in [0.717, 1.165) is 38.1 Å². The van der Waals surface area contributed by atoms with Crippen LogP contribution in [-0.2, 0) is 13.0 Å². The summed E-state index contributed by atoms with van der Waals surface area (Å²) in [5.41, 5.74) is 5.12. The van der Waals surface area contributed by atoms with Crippen LogP contribution in [0.15, 0.2) is 48.8 Å². The van der Waals surface area contributed by atoms with Crippen LogP contribution in [0.1, 0.15) is 44.8 Å². The van der Waals surface area contributed by atoms with Crippen LogP contribution in [0.4, 0.5) is 4.39 Å². The van der Waals surface area contributed by atoms with E-state index >= 15 is 0 Å². The van der Waals surface area contributed by atoms with Crippen molar-refractivity contribution in [2.24, 2.45) is 0 Å². The van der Waals surface area contributed by atoms with E-state index in [-0.39, 0.29) is 11.7 Å². The van der Waals surface area contributed by atoms with Crippen molar-refractivity contribution in [1.29, 1.82) is 0 Å². The number of benzene rings is 1. The van der Waals surface area contributed by atoms with Gasteiger partial charge in [-0.3, -0.25) is 9.78 Å². The highest BCUT2D eigenvalue weighted by Crippen LogP contribution is 2.43. The van der Waals surface area contributed by atoms with Crippen molar-refractivity contribution in [1.82, 2.24) is 25.1 Å². The van der Waals surface area contributed by atoms with E-state index in [2.05, 4.69) is 25.1 Å². The van der Waals surface area contributed by atoms with Crippen LogP contribution < -0.4 is 5.32 Å². The van der Waals surface area contributed by atoms with Gasteiger partial charge in [0.2, 0.25) is 0 Å². The number of pyridine rings is 1. The van der Waals surface area contributed by atoms with Gasteiger partial charge in [-0.2, -0.15) is 0 Å². The Labute approximate surface area is 188 Å². The third-order valence-corrected chi connectivity index (χ3v) is 7.11. The molecule has 4 heterocycles. The van der Waals surface area contributed by atoms with Crippen molar-refractivity contribution in [3.63, 3.8) is 0 Å². The van der Waals surface area contributed by atoms with Crippen LogP contribution >= 0.6 is 11.3 Å². The first-order chi connectivity index (χ1) is 15.7. The fourth-order valence-corrected chi connectivity index (χ4v) is 5.40. The van der Waals surface area contributed by atoms with Gasteiger partial charge in [0, 0.05) is 48.1 Å². The molecule has 0 saturated heterocycles. The molecule has 0 atom stereocenters. The van der Waals surface area contributed by atoms with E-state index in [1.807, 2.05) is 12.1 Å². The molecule has 1 aliphatic carbocycles. The fourth-order valence-electron chi connectivity index (χ4n) is 4.40. The maximum Gasteiger partial charge on any atom is 0.253 e. The van der Waals surface area contributed by atoms with Crippen LogP contribution in [0.5, 0.6) is 0 Å². The second kappa shape index (κ2) is 7.63. The highest BCUT2D eigenvalue weighted by atomic mass is 32.1. The Bertz CT molecular complexity index is 1310. The van der Waals surface area contributed by atoms with Gasteiger partial charge < -0.3 is 9.88 Å². The third kappa shape index (κ3) is 3.31. The highest BCUT2D eigenvalue weighted by molar-refractivity contribution is 7.11. The number of hydrogen-bond acceptors (Lipinski definition) is 5. The van der Waals surface area contributed by atoms with Gasteiger partial charge in [0.25, 0.3) is 5.91 Å². The van der Waals surface area contributed by atoms with Gasteiger partial charge in [0.05, 0.1) is 17.8 Å².